The van der Waals surface area contributed by atoms with Gasteiger partial charge in [0.25, 0.3) is 5.91 Å². The number of fused-ring (bicyclic) bond motifs is 1. The van der Waals surface area contributed by atoms with E-state index in [0.29, 0.717) is 32.3 Å². The summed E-state index contributed by atoms with van der Waals surface area (Å²) in [5.74, 6) is 1.04. The number of halogens is 3. The molecule has 3 heterocycles. The van der Waals surface area contributed by atoms with Crippen LogP contribution in [0.1, 0.15) is 70.7 Å². The van der Waals surface area contributed by atoms with Crippen LogP contribution in [0.3, 0.4) is 0 Å². The number of ether oxygens (including phenoxy) is 1. The van der Waals surface area contributed by atoms with Crippen molar-refractivity contribution < 1.29 is 14.1 Å². The van der Waals surface area contributed by atoms with Crippen LogP contribution in [0.15, 0.2) is 59.8 Å². The van der Waals surface area contributed by atoms with Gasteiger partial charge in [0.15, 0.2) is 0 Å². The first-order chi connectivity index (χ1) is 18.8. The quantitative estimate of drug-likeness (QED) is 0.251. The number of amides is 1. The van der Waals surface area contributed by atoms with E-state index in [-0.39, 0.29) is 30.4 Å². The maximum absolute atomic E-state index is 13.0. The SMILES string of the molecule is COc1ccc2c(c1)C(=O)N(C)C2CCC(c1ccc(Cl)c(Cl)c1)N1CCC(c2cccnc2[S+](C)[O-])CC1.Cl. The van der Waals surface area contributed by atoms with E-state index in [0.717, 1.165) is 55.5 Å². The largest absolute Gasteiger partial charge is 0.610 e. The molecule has 6 nitrogen and oxygen atoms in total. The molecule has 214 valence electrons. The summed E-state index contributed by atoms with van der Waals surface area (Å²) in [6.45, 7) is 1.79. The zero-order valence-corrected chi connectivity index (χ0v) is 26.0. The standard InChI is InChI=1S/C30H33Cl2N3O3S.ClH/c1-34-28(23-8-7-21(38-2)18-24(23)30(34)36)11-10-27(20-6-9-25(31)26(32)17-20)35-15-12-19(13-16-35)22-5-4-14-33-29(22)39(3)37;/h4-9,14,17-19,27-28H,10-13,15-16H2,1-3H3;1H. The summed E-state index contributed by atoms with van der Waals surface area (Å²) < 4.78 is 17.6. The number of methoxy groups -OCH3 is 1. The molecule has 2 aliphatic heterocycles. The number of piperidine rings is 1. The second-order valence-corrected chi connectivity index (χ2v) is 12.4. The van der Waals surface area contributed by atoms with E-state index < -0.39 is 11.2 Å². The molecule has 3 unspecified atom stereocenters. The van der Waals surface area contributed by atoms with Crippen LogP contribution in [-0.4, -0.2) is 58.7 Å². The maximum Gasteiger partial charge on any atom is 0.254 e. The molecule has 0 aliphatic carbocycles. The highest BCUT2D eigenvalue weighted by molar-refractivity contribution is 7.90. The van der Waals surface area contributed by atoms with Gasteiger partial charge in [-0.3, -0.25) is 9.69 Å². The van der Waals surface area contributed by atoms with Gasteiger partial charge in [-0.1, -0.05) is 41.4 Å². The molecule has 1 amide bonds. The molecule has 0 bridgehead atoms. The van der Waals surface area contributed by atoms with E-state index in [1.807, 2.05) is 48.3 Å². The molecule has 0 radical (unpaired) electrons. The molecule has 0 saturated carbocycles. The Hall–Kier alpha value is -2.00. The molecule has 10 heteroatoms. The van der Waals surface area contributed by atoms with Gasteiger partial charge in [0.1, 0.15) is 12.0 Å². The van der Waals surface area contributed by atoms with E-state index in [2.05, 4.69) is 22.0 Å². The second-order valence-electron chi connectivity index (χ2n) is 10.3. The van der Waals surface area contributed by atoms with Crippen LogP contribution in [0.25, 0.3) is 0 Å². The van der Waals surface area contributed by atoms with E-state index >= 15 is 0 Å². The van der Waals surface area contributed by atoms with Gasteiger partial charge in [-0.2, -0.15) is 0 Å². The molecule has 2 aliphatic rings. The van der Waals surface area contributed by atoms with E-state index in [4.69, 9.17) is 27.9 Å². The van der Waals surface area contributed by atoms with Crippen LogP contribution in [0.5, 0.6) is 5.75 Å². The highest BCUT2D eigenvalue weighted by Gasteiger charge is 2.36. The smallest absolute Gasteiger partial charge is 0.254 e. The Morgan fingerprint density at radius 3 is 2.52 bits per heavy atom. The fourth-order valence-electron chi connectivity index (χ4n) is 6.10. The Morgan fingerprint density at radius 2 is 1.85 bits per heavy atom. The lowest BCUT2D eigenvalue weighted by Gasteiger charge is -2.39. The van der Waals surface area contributed by atoms with Gasteiger partial charge >= 0.3 is 0 Å². The van der Waals surface area contributed by atoms with Gasteiger partial charge < -0.3 is 14.2 Å². The van der Waals surface area contributed by atoms with Crippen LogP contribution in [0.4, 0.5) is 0 Å². The molecular weight excluding hydrogens is 589 g/mol. The summed E-state index contributed by atoms with van der Waals surface area (Å²) >= 11 is 11.6. The predicted molar refractivity (Wildman–Crippen MR) is 164 cm³/mol. The van der Waals surface area contributed by atoms with Gasteiger partial charge in [-0.15, -0.1) is 12.4 Å². The molecule has 5 rings (SSSR count). The van der Waals surface area contributed by atoms with Crippen LogP contribution >= 0.6 is 35.6 Å². The fraction of sp³-hybridized carbons (Fsp3) is 0.400. The number of carbonyl (C=O) groups excluding carboxylic acids is 1. The molecule has 1 aromatic heterocycles. The predicted octanol–water partition coefficient (Wildman–Crippen LogP) is 7.08. The number of pyridine rings is 1. The van der Waals surface area contributed by atoms with Gasteiger partial charge in [0.2, 0.25) is 5.03 Å². The maximum atomic E-state index is 13.0. The first-order valence-corrected chi connectivity index (χ1v) is 15.5. The lowest BCUT2D eigenvalue weighted by atomic mass is 9.87. The summed E-state index contributed by atoms with van der Waals surface area (Å²) in [6, 6.07) is 15.8. The van der Waals surface area contributed by atoms with Crippen molar-refractivity contribution in [1.82, 2.24) is 14.8 Å². The lowest BCUT2D eigenvalue weighted by Crippen LogP contribution is -2.37. The normalized spacial score (nSPS) is 19.2. The van der Waals surface area contributed by atoms with Crippen molar-refractivity contribution >= 4 is 52.7 Å². The summed E-state index contributed by atoms with van der Waals surface area (Å²) in [5, 5.41) is 1.78. The molecular formula is C30H34Cl3N3O3S. The fourth-order valence-corrected chi connectivity index (χ4v) is 7.18. The Labute approximate surface area is 255 Å². The van der Waals surface area contributed by atoms with Crippen LogP contribution in [0.2, 0.25) is 10.0 Å². The van der Waals surface area contributed by atoms with Crippen LogP contribution < -0.4 is 4.74 Å². The summed E-state index contributed by atoms with van der Waals surface area (Å²) in [7, 11) is 3.49. The van der Waals surface area contributed by atoms with E-state index in [1.165, 1.54) is 0 Å². The molecule has 3 atom stereocenters. The van der Waals surface area contributed by atoms with Crippen molar-refractivity contribution in [2.45, 2.75) is 48.7 Å². The summed E-state index contributed by atoms with van der Waals surface area (Å²) in [4.78, 5) is 21.8. The average Bonchev–Trinajstić information content (AvgIpc) is 3.19. The van der Waals surface area contributed by atoms with E-state index in [9.17, 15) is 9.35 Å². The second kappa shape index (κ2) is 13.3. The van der Waals surface area contributed by atoms with Crippen molar-refractivity contribution in [1.29, 1.82) is 0 Å². The third kappa shape index (κ3) is 6.25. The number of benzene rings is 2. The Bertz CT molecular complexity index is 1350. The Morgan fingerprint density at radius 1 is 1.10 bits per heavy atom. The minimum atomic E-state index is -1.12. The van der Waals surface area contributed by atoms with E-state index in [1.54, 1.807) is 19.6 Å². The van der Waals surface area contributed by atoms with Gasteiger partial charge in [-0.25, -0.2) is 4.98 Å². The molecule has 0 spiro atoms. The summed E-state index contributed by atoms with van der Waals surface area (Å²) in [6.07, 6.45) is 6.99. The Kier molecular flexibility index (Phi) is 10.3. The minimum Gasteiger partial charge on any atom is -0.610 e. The molecule has 0 N–H and O–H groups in total. The number of carbonyl (C=O) groups is 1. The van der Waals surface area contributed by atoms with Crippen LogP contribution in [0, 0.1) is 0 Å². The molecule has 1 fully saturated rings. The van der Waals surface area contributed by atoms with Crippen molar-refractivity contribution in [2.24, 2.45) is 0 Å². The van der Waals surface area contributed by atoms with Crippen molar-refractivity contribution in [3.63, 3.8) is 0 Å². The number of aromatic nitrogens is 1. The minimum absolute atomic E-state index is 0. The third-order valence-corrected chi connectivity index (χ3v) is 9.79. The monoisotopic (exact) mass is 621 g/mol. The first kappa shape index (κ1) is 30.9. The lowest BCUT2D eigenvalue weighted by molar-refractivity contribution is 0.0751. The van der Waals surface area contributed by atoms with Crippen molar-refractivity contribution in [3.05, 3.63) is 87.0 Å². The molecule has 2 aromatic carbocycles. The number of likely N-dealkylation sites (tertiary alicyclic amines) is 1. The third-order valence-electron chi connectivity index (χ3n) is 8.16. The first-order valence-electron chi connectivity index (χ1n) is 13.2. The van der Waals surface area contributed by atoms with Gasteiger partial charge in [0.05, 0.1) is 23.2 Å². The number of nitrogens with zero attached hydrogens (tertiary/aromatic N) is 3. The molecule has 1 saturated heterocycles. The number of rotatable bonds is 8. The summed E-state index contributed by atoms with van der Waals surface area (Å²) in [5.41, 5.74) is 3.99. The van der Waals surface area contributed by atoms with Crippen molar-refractivity contribution in [3.8, 4) is 5.75 Å². The van der Waals surface area contributed by atoms with Gasteiger partial charge in [0, 0.05) is 41.6 Å². The topological polar surface area (TPSA) is 68.7 Å². The van der Waals surface area contributed by atoms with Gasteiger partial charge in [-0.05, 0) is 86.1 Å². The van der Waals surface area contributed by atoms with Crippen molar-refractivity contribution in [2.75, 3.05) is 33.5 Å². The zero-order valence-electron chi connectivity index (χ0n) is 22.8. The number of hydrogen-bond donors (Lipinski definition) is 0. The Balaban J connectivity index is 0.00000370. The number of hydrogen-bond acceptors (Lipinski definition) is 5. The molecule has 40 heavy (non-hydrogen) atoms. The van der Waals surface area contributed by atoms with Crippen LogP contribution in [-0.2, 0) is 11.2 Å². The molecule has 3 aromatic rings. The average molecular weight is 623 g/mol. The highest BCUT2D eigenvalue weighted by atomic mass is 35.5. The highest BCUT2D eigenvalue weighted by Crippen LogP contribution is 2.42. The zero-order chi connectivity index (χ0) is 27.7.